The molecule has 0 aliphatic carbocycles. The van der Waals surface area contributed by atoms with Gasteiger partial charge < -0.3 is 15.0 Å². The molecular formula is C20H22N4O2. The molecule has 6 nitrogen and oxygen atoms in total. The number of anilines is 2. The van der Waals surface area contributed by atoms with Gasteiger partial charge in [0.1, 0.15) is 0 Å². The first-order valence-corrected chi connectivity index (χ1v) is 8.47. The quantitative estimate of drug-likeness (QED) is 0.692. The van der Waals surface area contributed by atoms with E-state index in [1.807, 2.05) is 55.6 Å². The number of carbonyl (C=O) groups excluding carboxylic acids is 2. The Hall–Kier alpha value is -3.15. The summed E-state index contributed by atoms with van der Waals surface area (Å²) in [6, 6.07) is 9.59. The number of benzene rings is 1. The number of hydrogen-bond acceptors (Lipinski definition) is 4. The maximum Gasteiger partial charge on any atom is 0.291 e. The molecule has 6 heteroatoms. The van der Waals surface area contributed by atoms with Crippen molar-refractivity contribution in [3.05, 3.63) is 59.0 Å². The standard InChI is InChI=1S/C20H22N4O2/c1-12-7-5-8-17(23-20(26)15(4)25)16(12)11-21-18-9-6-10-24-14(3)13(2)22-19(18)24/h5-10,21H,11H2,1-4H3,(H,23,26). The van der Waals surface area contributed by atoms with Gasteiger partial charge in [-0.1, -0.05) is 12.1 Å². The van der Waals surface area contributed by atoms with E-state index in [-0.39, 0.29) is 0 Å². The van der Waals surface area contributed by atoms with Crippen molar-refractivity contribution >= 4 is 28.7 Å². The Bertz CT molecular complexity index is 1000. The van der Waals surface area contributed by atoms with E-state index in [0.29, 0.717) is 12.2 Å². The van der Waals surface area contributed by atoms with Crippen LogP contribution >= 0.6 is 0 Å². The Labute approximate surface area is 152 Å². The van der Waals surface area contributed by atoms with Gasteiger partial charge in [0.05, 0.1) is 11.4 Å². The molecule has 0 unspecified atom stereocenters. The summed E-state index contributed by atoms with van der Waals surface area (Å²) in [7, 11) is 0. The zero-order chi connectivity index (χ0) is 18.8. The molecule has 1 amide bonds. The number of imidazole rings is 1. The van der Waals surface area contributed by atoms with Crippen LogP contribution in [-0.2, 0) is 16.1 Å². The van der Waals surface area contributed by atoms with Gasteiger partial charge in [-0.15, -0.1) is 0 Å². The fraction of sp³-hybridized carbons (Fsp3) is 0.250. The van der Waals surface area contributed by atoms with Gasteiger partial charge in [-0.3, -0.25) is 9.59 Å². The Kier molecular flexibility index (Phi) is 4.75. The molecule has 0 spiro atoms. The van der Waals surface area contributed by atoms with Crippen molar-refractivity contribution in [3.63, 3.8) is 0 Å². The third-order valence-electron chi connectivity index (χ3n) is 4.56. The zero-order valence-corrected chi connectivity index (χ0v) is 15.4. The van der Waals surface area contributed by atoms with E-state index in [1.165, 1.54) is 6.92 Å². The van der Waals surface area contributed by atoms with E-state index >= 15 is 0 Å². The number of aryl methyl sites for hydroxylation is 3. The molecule has 0 atom stereocenters. The molecule has 2 heterocycles. The smallest absolute Gasteiger partial charge is 0.291 e. The van der Waals surface area contributed by atoms with Crippen molar-refractivity contribution in [2.75, 3.05) is 10.6 Å². The first-order valence-electron chi connectivity index (χ1n) is 8.47. The summed E-state index contributed by atoms with van der Waals surface area (Å²) in [5.74, 6) is -1.13. The number of aromatic nitrogens is 2. The molecule has 0 saturated carbocycles. The maximum absolute atomic E-state index is 11.8. The van der Waals surface area contributed by atoms with E-state index in [2.05, 4.69) is 15.6 Å². The number of Topliss-reactive ketones (excluding diaryl/α,β-unsaturated/α-hetero) is 1. The highest BCUT2D eigenvalue weighted by atomic mass is 16.2. The van der Waals surface area contributed by atoms with E-state index in [0.717, 1.165) is 33.8 Å². The predicted octanol–water partition coefficient (Wildman–Crippen LogP) is 3.40. The van der Waals surface area contributed by atoms with Crippen LogP contribution in [0.3, 0.4) is 0 Å². The predicted molar refractivity (Wildman–Crippen MR) is 102 cm³/mol. The molecule has 0 saturated heterocycles. The van der Waals surface area contributed by atoms with Crippen LogP contribution in [0.4, 0.5) is 11.4 Å². The second kappa shape index (κ2) is 7.00. The lowest BCUT2D eigenvalue weighted by Gasteiger charge is -2.15. The van der Waals surface area contributed by atoms with E-state index in [1.54, 1.807) is 6.07 Å². The van der Waals surface area contributed by atoms with Gasteiger partial charge in [-0.2, -0.15) is 0 Å². The molecule has 26 heavy (non-hydrogen) atoms. The van der Waals surface area contributed by atoms with Crippen molar-refractivity contribution in [2.24, 2.45) is 0 Å². The average Bonchev–Trinajstić information content (AvgIpc) is 2.89. The molecule has 134 valence electrons. The van der Waals surface area contributed by atoms with Crippen LogP contribution in [0.1, 0.15) is 29.4 Å². The molecule has 2 N–H and O–H groups in total. The van der Waals surface area contributed by atoms with Crippen LogP contribution in [0.5, 0.6) is 0 Å². The van der Waals surface area contributed by atoms with Crippen LogP contribution in [0.2, 0.25) is 0 Å². The number of pyridine rings is 1. The number of nitrogens with zero attached hydrogens (tertiary/aromatic N) is 2. The fourth-order valence-corrected chi connectivity index (χ4v) is 2.89. The van der Waals surface area contributed by atoms with Gasteiger partial charge in [-0.05, 0) is 50.1 Å². The molecule has 3 aromatic rings. The Morgan fingerprint density at radius 2 is 1.81 bits per heavy atom. The minimum absolute atomic E-state index is 0.505. The Balaban J connectivity index is 1.90. The van der Waals surface area contributed by atoms with Crippen molar-refractivity contribution < 1.29 is 9.59 Å². The summed E-state index contributed by atoms with van der Waals surface area (Å²) in [5.41, 5.74) is 6.48. The molecule has 0 aliphatic rings. The normalized spacial score (nSPS) is 10.8. The molecule has 0 aliphatic heterocycles. The first-order chi connectivity index (χ1) is 12.4. The average molecular weight is 350 g/mol. The molecule has 0 bridgehead atoms. The summed E-state index contributed by atoms with van der Waals surface area (Å²) >= 11 is 0. The maximum atomic E-state index is 11.8. The van der Waals surface area contributed by atoms with Crippen LogP contribution < -0.4 is 10.6 Å². The lowest BCUT2D eigenvalue weighted by Crippen LogP contribution is -2.21. The summed E-state index contributed by atoms with van der Waals surface area (Å²) in [4.78, 5) is 27.7. The molecule has 2 aromatic heterocycles. The van der Waals surface area contributed by atoms with Crippen molar-refractivity contribution in [1.82, 2.24) is 9.38 Å². The highest BCUT2D eigenvalue weighted by Gasteiger charge is 2.13. The lowest BCUT2D eigenvalue weighted by molar-refractivity contribution is -0.133. The number of rotatable bonds is 5. The third-order valence-corrected chi connectivity index (χ3v) is 4.56. The monoisotopic (exact) mass is 350 g/mol. The Morgan fingerprint density at radius 3 is 2.54 bits per heavy atom. The number of nitrogens with one attached hydrogen (secondary N) is 2. The van der Waals surface area contributed by atoms with Gasteiger partial charge in [0.2, 0.25) is 5.78 Å². The largest absolute Gasteiger partial charge is 0.378 e. The lowest BCUT2D eigenvalue weighted by atomic mass is 10.1. The van der Waals surface area contributed by atoms with Gasteiger partial charge in [0.15, 0.2) is 5.65 Å². The summed E-state index contributed by atoms with van der Waals surface area (Å²) in [5, 5.41) is 6.10. The topological polar surface area (TPSA) is 75.5 Å². The van der Waals surface area contributed by atoms with E-state index in [4.69, 9.17) is 0 Å². The van der Waals surface area contributed by atoms with Crippen LogP contribution in [0.15, 0.2) is 36.5 Å². The van der Waals surface area contributed by atoms with Gasteiger partial charge in [-0.25, -0.2) is 4.98 Å². The number of hydrogen-bond donors (Lipinski definition) is 2. The summed E-state index contributed by atoms with van der Waals surface area (Å²) in [6.07, 6.45) is 1.99. The van der Waals surface area contributed by atoms with Crippen molar-refractivity contribution in [3.8, 4) is 0 Å². The molecular weight excluding hydrogens is 328 g/mol. The molecule has 3 rings (SSSR count). The Morgan fingerprint density at radius 1 is 1.08 bits per heavy atom. The van der Waals surface area contributed by atoms with Crippen molar-refractivity contribution in [2.45, 2.75) is 34.2 Å². The summed E-state index contributed by atoms with van der Waals surface area (Å²) in [6.45, 7) is 7.76. The van der Waals surface area contributed by atoms with Crippen molar-refractivity contribution in [1.29, 1.82) is 0 Å². The molecule has 0 fully saturated rings. The number of fused-ring (bicyclic) bond motifs is 1. The van der Waals surface area contributed by atoms with E-state index < -0.39 is 11.7 Å². The number of ketones is 1. The molecule has 1 aromatic carbocycles. The fourth-order valence-electron chi connectivity index (χ4n) is 2.89. The van der Waals surface area contributed by atoms with E-state index in [9.17, 15) is 9.59 Å². The van der Waals surface area contributed by atoms with Gasteiger partial charge in [0.25, 0.3) is 5.91 Å². The first kappa shape index (κ1) is 17.7. The minimum atomic E-state index is -0.613. The highest BCUT2D eigenvalue weighted by Crippen LogP contribution is 2.24. The van der Waals surface area contributed by atoms with Crippen LogP contribution in [0, 0.1) is 20.8 Å². The van der Waals surface area contributed by atoms with Gasteiger partial charge in [0, 0.05) is 31.0 Å². The SMILES string of the molecule is CC(=O)C(=O)Nc1cccc(C)c1CNc1cccn2c(C)c(C)nc12. The van der Waals surface area contributed by atoms with Gasteiger partial charge >= 0.3 is 0 Å². The number of carbonyl (C=O) groups is 2. The third kappa shape index (κ3) is 3.31. The molecule has 0 radical (unpaired) electrons. The highest BCUT2D eigenvalue weighted by molar-refractivity contribution is 6.39. The van der Waals surface area contributed by atoms with Crippen LogP contribution in [0.25, 0.3) is 5.65 Å². The summed E-state index contributed by atoms with van der Waals surface area (Å²) < 4.78 is 2.05. The second-order valence-electron chi connectivity index (χ2n) is 6.36. The zero-order valence-electron chi connectivity index (χ0n) is 15.4. The van der Waals surface area contributed by atoms with Crippen LogP contribution in [-0.4, -0.2) is 21.1 Å². The second-order valence-corrected chi connectivity index (χ2v) is 6.36. The number of amides is 1. The minimum Gasteiger partial charge on any atom is -0.378 e.